The lowest BCUT2D eigenvalue weighted by molar-refractivity contribution is -0.472. The summed E-state index contributed by atoms with van der Waals surface area (Å²) in [5.74, 6) is -83.6. The summed E-state index contributed by atoms with van der Waals surface area (Å²) in [7, 11) is -4.57. The maximum absolute atomic E-state index is 14.0. The van der Waals surface area contributed by atoms with Gasteiger partial charge in [0.1, 0.15) is 5.75 Å². The predicted molar refractivity (Wildman–Crippen MR) is 107 cm³/mol. The standard InChI is InChI=1S/C19H11F21N2O4S/c20-10(21,9(43)42-6-5-7-1-3-8(4-2-7)46-47(41,44)45)11(22,23)12(24,25)13(26,27)14(28,29)15(30,31)16(32,33)17(34,35)18(36,37)19(38,39)40/h1-4H,5-6H2,(H,42,43)(H2,41,44,45). The minimum Gasteiger partial charge on any atom is -0.371 e. The molecule has 0 spiro atoms. The van der Waals surface area contributed by atoms with Crippen LogP contribution in [-0.4, -0.2) is 80.3 Å². The Morgan fingerprint density at radius 2 is 0.894 bits per heavy atom. The summed E-state index contributed by atoms with van der Waals surface area (Å²) in [4.78, 5) is 11.5. The largest absolute Gasteiger partial charge is 0.460 e. The monoisotopic (exact) mass is 762 g/mol. The van der Waals surface area contributed by atoms with Gasteiger partial charge in [0.05, 0.1) is 0 Å². The van der Waals surface area contributed by atoms with E-state index in [1.807, 2.05) is 0 Å². The molecule has 0 bridgehead atoms. The SMILES string of the molecule is NS(=O)(=O)Oc1ccc(CCNC(=O)C(F)(F)C(F)(F)C(F)(F)C(F)(F)C(F)(F)C(F)(F)C(F)(F)C(F)(F)C(F)(F)C(F)(F)F)cc1. The summed E-state index contributed by atoms with van der Waals surface area (Å²) in [5, 5.41) is 5.19. The number of carbonyl (C=O) groups is 1. The van der Waals surface area contributed by atoms with Crippen LogP contribution in [0.4, 0.5) is 92.2 Å². The van der Waals surface area contributed by atoms with Crippen molar-refractivity contribution in [3.63, 3.8) is 0 Å². The van der Waals surface area contributed by atoms with Gasteiger partial charge in [-0.3, -0.25) is 4.79 Å². The van der Waals surface area contributed by atoms with Crippen molar-refractivity contribution >= 4 is 16.2 Å². The minimum absolute atomic E-state index is 0.185. The van der Waals surface area contributed by atoms with Gasteiger partial charge >= 0.3 is 69.8 Å². The molecule has 0 heterocycles. The van der Waals surface area contributed by atoms with Crippen LogP contribution < -0.4 is 14.6 Å². The highest BCUT2D eigenvalue weighted by Gasteiger charge is 2.98. The topological polar surface area (TPSA) is 98.5 Å². The Hall–Kier alpha value is -3.07. The molecular weight excluding hydrogens is 751 g/mol. The summed E-state index contributed by atoms with van der Waals surface area (Å²) in [5.41, 5.74) is -0.185. The first-order valence-electron chi connectivity index (χ1n) is 10.9. The molecule has 0 saturated heterocycles. The highest BCUT2D eigenvalue weighted by atomic mass is 32.2. The fourth-order valence-electron chi connectivity index (χ4n) is 2.98. The van der Waals surface area contributed by atoms with Gasteiger partial charge in [0.25, 0.3) is 5.91 Å². The first kappa shape index (κ1) is 42.0. The highest BCUT2D eigenvalue weighted by molar-refractivity contribution is 7.84. The molecule has 0 aliphatic rings. The fraction of sp³-hybridized carbons (Fsp3) is 0.632. The molecule has 1 aromatic carbocycles. The zero-order valence-electron chi connectivity index (χ0n) is 21.3. The van der Waals surface area contributed by atoms with Gasteiger partial charge in [0.2, 0.25) is 0 Å². The number of rotatable bonds is 14. The molecule has 0 radical (unpaired) electrons. The summed E-state index contributed by atoms with van der Waals surface area (Å²) >= 11 is 0. The van der Waals surface area contributed by atoms with Crippen LogP contribution in [0, 0.1) is 0 Å². The fourth-order valence-corrected chi connectivity index (χ4v) is 3.36. The number of nitrogens with one attached hydrogen (secondary N) is 1. The van der Waals surface area contributed by atoms with Crippen LogP contribution in [0.3, 0.4) is 0 Å². The quantitative estimate of drug-likeness (QED) is 0.221. The molecule has 1 rings (SSSR count). The highest BCUT2D eigenvalue weighted by Crippen LogP contribution is 2.66. The molecule has 274 valence electrons. The van der Waals surface area contributed by atoms with Gasteiger partial charge in [-0.25, -0.2) is 0 Å². The third kappa shape index (κ3) is 6.53. The van der Waals surface area contributed by atoms with Crippen molar-refractivity contribution < 1.29 is 110 Å². The lowest BCUT2D eigenvalue weighted by Gasteiger charge is -2.44. The zero-order chi connectivity index (χ0) is 37.9. The van der Waals surface area contributed by atoms with Gasteiger partial charge < -0.3 is 9.50 Å². The van der Waals surface area contributed by atoms with Crippen LogP contribution in [-0.2, 0) is 21.5 Å². The predicted octanol–water partition coefficient (Wildman–Crippen LogP) is 6.21. The van der Waals surface area contributed by atoms with E-state index in [4.69, 9.17) is 0 Å². The van der Waals surface area contributed by atoms with Crippen molar-refractivity contribution in [2.75, 3.05) is 6.54 Å². The Bertz CT molecular complexity index is 1410. The average molecular weight is 762 g/mol. The van der Waals surface area contributed by atoms with Gasteiger partial charge in [0.15, 0.2) is 0 Å². The molecular formula is C19H11F21N2O4S. The summed E-state index contributed by atoms with van der Waals surface area (Å²) in [6.45, 7) is -1.40. The Labute approximate surface area is 245 Å². The Kier molecular flexibility index (Phi) is 10.5. The zero-order valence-corrected chi connectivity index (χ0v) is 22.1. The maximum atomic E-state index is 14.0. The average Bonchev–Trinajstić information content (AvgIpc) is 2.87. The summed E-state index contributed by atoms with van der Waals surface area (Å²) in [6.07, 6.45) is -8.91. The third-order valence-electron chi connectivity index (χ3n) is 5.63. The maximum Gasteiger partial charge on any atom is 0.460 e. The summed E-state index contributed by atoms with van der Waals surface area (Å²) < 4.78 is 307. The van der Waals surface area contributed by atoms with Crippen molar-refractivity contribution in [1.29, 1.82) is 0 Å². The second kappa shape index (κ2) is 11.8. The van der Waals surface area contributed by atoms with Crippen LogP contribution in [0.1, 0.15) is 5.56 Å². The molecule has 0 aliphatic carbocycles. The number of nitrogens with two attached hydrogens (primary N) is 1. The van der Waals surface area contributed by atoms with Crippen molar-refractivity contribution in [3.8, 4) is 5.75 Å². The number of halogens is 21. The van der Waals surface area contributed by atoms with Crippen LogP contribution >= 0.6 is 0 Å². The minimum atomic E-state index is -9.31. The molecule has 0 aromatic heterocycles. The van der Waals surface area contributed by atoms with Crippen LogP contribution in [0.15, 0.2) is 24.3 Å². The third-order valence-corrected chi connectivity index (χ3v) is 6.06. The van der Waals surface area contributed by atoms with Crippen LogP contribution in [0.25, 0.3) is 0 Å². The number of hydrogen-bond acceptors (Lipinski definition) is 4. The normalized spacial score (nSPS) is 15.4. The van der Waals surface area contributed by atoms with E-state index in [1.54, 1.807) is 0 Å². The first-order valence-corrected chi connectivity index (χ1v) is 12.4. The van der Waals surface area contributed by atoms with E-state index in [-0.39, 0.29) is 5.56 Å². The second-order valence-corrected chi connectivity index (χ2v) is 10.0. The molecule has 0 atom stereocenters. The van der Waals surface area contributed by atoms with E-state index >= 15 is 0 Å². The molecule has 6 nitrogen and oxygen atoms in total. The van der Waals surface area contributed by atoms with Crippen LogP contribution in [0.2, 0.25) is 0 Å². The molecule has 1 amide bonds. The molecule has 47 heavy (non-hydrogen) atoms. The van der Waals surface area contributed by atoms with Crippen molar-refractivity contribution in [3.05, 3.63) is 29.8 Å². The van der Waals surface area contributed by atoms with E-state index in [9.17, 15) is 105 Å². The molecule has 0 saturated carbocycles. The van der Waals surface area contributed by atoms with E-state index < -0.39 is 94.4 Å². The van der Waals surface area contributed by atoms with Gasteiger partial charge in [-0.1, -0.05) is 12.1 Å². The van der Waals surface area contributed by atoms with Crippen LogP contribution in [0.5, 0.6) is 5.75 Å². The molecule has 0 unspecified atom stereocenters. The van der Waals surface area contributed by atoms with Gasteiger partial charge in [-0.2, -0.15) is 106 Å². The number of alkyl halides is 21. The lowest BCUT2D eigenvalue weighted by atomic mass is 9.86. The van der Waals surface area contributed by atoms with E-state index in [2.05, 4.69) is 9.32 Å². The number of benzene rings is 1. The molecule has 0 fully saturated rings. The van der Waals surface area contributed by atoms with Crippen molar-refractivity contribution in [1.82, 2.24) is 5.32 Å². The molecule has 0 aliphatic heterocycles. The number of amides is 1. The van der Waals surface area contributed by atoms with E-state index in [1.165, 1.54) is 0 Å². The van der Waals surface area contributed by atoms with Gasteiger partial charge in [-0.05, 0) is 24.1 Å². The second-order valence-electron chi connectivity index (χ2n) is 8.89. The van der Waals surface area contributed by atoms with Crippen molar-refractivity contribution in [2.24, 2.45) is 5.14 Å². The van der Waals surface area contributed by atoms with E-state index in [0.29, 0.717) is 5.32 Å². The van der Waals surface area contributed by atoms with Gasteiger partial charge in [-0.15, -0.1) is 0 Å². The number of hydrogen-bond donors (Lipinski definition) is 2. The molecule has 28 heteroatoms. The summed E-state index contributed by atoms with van der Waals surface area (Å²) in [6, 6.07) is 3.26. The molecule has 1 aromatic rings. The van der Waals surface area contributed by atoms with E-state index in [0.717, 1.165) is 24.3 Å². The lowest BCUT2D eigenvalue weighted by Crippen LogP contribution is -2.77. The van der Waals surface area contributed by atoms with Crippen molar-refractivity contribution in [2.45, 2.75) is 65.9 Å². The molecule has 3 N–H and O–H groups in total. The Morgan fingerprint density at radius 1 is 0.574 bits per heavy atom. The smallest absolute Gasteiger partial charge is 0.371 e. The van der Waals surface area contributed by atoms with Gasteiger partial charge in [0, 0.05) is 6.54 Å². The Balaban J connectivity index is 3.42. The Morgan fingerprint density at radius 3 is 1.21 bits per heavy atom. The first-order chi connectivity index (χ1) is 20.3. The number of carbonyl (C=O) groups excluding carboxylic acids is 1.